The molecule has 0 saturated heterocycles. The van der Waals surface area contributed by atoms with Crippen molar-refractivity contribution in [2.75, 3.05) is 5.32 Å². The van der Waals surface area contributed by atoms with E-state index < -0.39 is 17.3 Å². The molecule has 1 aromatic rings. The van der Waals surface area contributed by atoms with Crippen molar-refractivity contribution in [1.82, 2.24) is 0 Å². The van der Waals surface area contributed by atoms with Crippen LogP contribution in [-0.4, -0.2) is 11.5 Å². The van der Waals surface area contributed by atoms with Crippen molar-refractivity contribution in [3.8, 4) is 0 Å². The number of hydrogen-bond donors (Lipinski definition) is 2. The first-order valence-corrected chi connectivity index (χ1v) is 5.37. The van der Waals surface area contributed by atoms with Crippen molar-refractivity contribution in [3.05, 3.63) is 29.8 Å². The van der Waals surface area contributed by atoms with Crippen LogP contribution in [0.5, 0.6) is 0 Å². The summed E-state index contributed by atoms with van der Waals surface area (Å²) in [6.07, 6.45) is -4.37. The van der Waals surface area contributed by atoms with Gasteiger partial charge in [-0.2, -0.15) is 13.2 Å². The molecule has 0 radical (unpaired) electrons. The lowest BCUT2D eigenvalue weighted by molar-refractivity contribution is -0.137. The molecule has 0 fully saturated rings. The number of guanidine groups is 1. The molecule has 1 aromatic carbocycles. The summed E-state index contributed by atoms with van der Waals surface area (Å²) in [6, 6.07) is 4.81. The highest BCUT2D eigenvalue weighted by molar-refractivity contribution is 5.92. The summed E-state index contributed by atoms with van der Waals surface area (Å²) >= 11 is 0. The van der Waals surface area contributed by atoms with Gasteiger partial charge < -0.3 is 11.1 Å². The topological polar surface area (TPSA) is 50.4 Å². The van der Waals surface area contributed by atoms with Gasteiger partial charge in [0, 0.05) is 5.69 Å². The maximum Gasteiger partial charge on any atom is 0.416 e. The number of nitrogens with zero attached hydrogens (tertiary/aromatic N) is 1. The summed E-state index contributed by atoms with van der Waals surface area (Å²) in [4.78, 5) is 4.10. The van der Waals surface area contributed by atoms with E-state index >= 15 is 0 Å². The fourth-order valence-corrected chi connectivity index (χ4v) is 1.31. The van der Waals surface area contributed by atoms with Crippen molar-refractivity contribution < 1.29 is 13.2 Å². The second-order valence-corrected chi connectivity index (χ2v) is 4.87. The first-order valence-electron chi connectivity index (χ1n) is 5.37. The van der Waals surface area contributed by atoms with Gasteiger partial charge in [-0.15, -0.1) is 0 Å². The van der Waals surface area contributed by atoms with Crippen LogP contribution in [0.4, 0.5) is 18.9 Å². The van der Waals surface area contributed by atoms with Gasteiger partial charge in [0.1, 0.15) is 0 Å². The smallest absolute Gasteiger partial charge is 0.370 e. The van der Waals surface area contributed by atoms with E-state index in [1.54, 1.807) is 0 Å². The van der Waals surface area contributed by atoms with E-state index in [1.165, 1.54) is 12.1 Å². The molecule has 0 unspecified atom stereocenters. The van der Waals surface area contributed by atoms with Gasteiger partial charge in [-0.3, -0.25) is 0 Å². The molecule has 3 nitrogen and oxygen atoms in total. The molecule has 18 heavy (non-hydrogen) atoms. The van der Waals surface area contributed by atoms with Crippen molar-refractivity contribution in [3.63, 3.8) is 0 Å². The van der Waals surface area contributed by atoms with Crippen LogP contribution in [0, 0.1) is 0 Å². The first-order chi connectivity index (χ1) is 8.08. The monoisotopic (exact) mass is 259 g/mol. The Labute approximate surface area is 104 Å². The lowest BCUT2D eigenvalue weighted by Crippen LogP contribution is -2.27. The average molecular weight is 259 g/mol. The SMILES string of the molecule is CC(C)(C)N=C(N)Nc1cccc(C(F)(F)F)c1. The van der Waals surface area contributed by atoms with Gasteiger partial charge in [-0.1, -0.05) is 6.07 Å². The van der Waals surface area contributed by atoms with Gasteiger partial charge in [0.15, 0.2) is 5.96 Å². The average Bonchev–Trinajstić information content (AvgIpc) is 2.13. The normalized spacial score (nSPS) is 13.6. The number of anilines is 1. The molecule has 6 heteroatoms. The molecular formula is C12H16F3N3. The van der Waals surface area contributed by atoms with Crippen LogP contribution in [0.15, 0.2) is 29.3 Å². The minimum atomic E-state index is -4.37. The van der Waals surface area contributed by atoms with Crippen molar-refractivity contribution in [1.29, 1.82) is 0 Å². The summed E-state index contributed by atoms with van der Waals surface area (Å²) in [7, 11) is 0. The number of aliphatic imine (C=N–C) groups is 1. The molecule has 100 valence electrons. The maximum absolute atomic E-state index is 12.5. The van der Waals surface area contributed by atoms with Crippen LogP contribution >= 0.6 is 0 Å². The zero-order valence-electron chi connectivity index (χ0n) is 10.5. The summed E-state index contributed by atoms with van der Waals surface area (Å²) < 4.78 is 37.5. The third-order valence-corrected chi connectivity index (χ3v) is 1.92. The van der Waals surface area contributed by atoms with Crippen LogP contribution in [0.25, 0.3) is 0 Å². The highest BCUT2D eigenvalue weighted by Crippen LogP contribution is 2.30. The van der Waals surface area contributed by atoms with E-state index in [0.29, 0.717) is 0 Å². The number of alkyl halides is 3. The van der Waals surface area contributed by atoms with E-state index in [4.69, 9.17) is 5.73 Å². The third kappa shape index (κ3) is 4.65. The Bertz CT molecular complexity index is 445. The standard InChI is InChI=1S/C12H16F3N3/c1-11(2,3)18-10(16)17-9-6-4-5-8(7-9)12(13,14)15/h4-7H,1-3H3,(H3,16,17,18). The molecule has 0 atom stereocenters. The minimum absolute atomic E-state index is 0.0850. The zero-order chi connectivity index (χ0) is 14.0. The first kappa shape index (κ1) is 14.3. The minimum Gasteiger partial charge on any atom is -0.370 e. The van der Waals surface area contributed by atoms with E-state index in [2.05, 4.69) is 10.3 Å². The highest BCUT2D eigenvalue weighted by Gasteiger charge is 2.30. The Hall–Kier alpha value is -1.72. The van der Waals surface area contributed by atoms with Gasteiger partial charge in [0.2, 0.25) is 0 Å². The van der Waals surface area contributed by atoms with Gasteiger partial charge in [0.05, 0.1) is 11.1 Å². The number of nitrogens with one attached hydrogen (secondary N) is 1. The van der Waals surface area contributed by atoms with Crippen LogP contribution in [0.1, 0.15) is 26.3 Å². The quantitative estimate of drug-likeness (QED) is 0.601. The second kappa shape index (κ2) is 4.88. The lowest BCUT2D eigenvalue weighted by Gasteiger charge is -2.15. The largest absolute Gasteiger partial charge is 0.416 e. The summed E-state index contributed by atoms with van der Waals surface area (Å²) in [5, 5.41) is 2.64. The van der Waals surface area contributed by atoms with Crippen LogP contribution in [0.3, 0.4) is 0 Å². The van der Waals surface area contributed by atoms with Crippen molar-refractivity contribution in [2.45, 2.75) is 32.5 Å². The zero-order valence-corrected chi connectivity index (χ0v) is 10.5. The Balaban J connectivity index is 2.90. The van der Waals surface area contributed by atoms with Gasteiger partial charge >= 0.3 is 6.18 Å². The number of nitrogens with two attached hydrogens (primary N) is 1. The maximum atomic E-state index is 12.5. The van der Waals surface area contributed by atoms with Crippen molar-refractivity contribution in [2.24, 2.45) is 10.7 Å². The molecule has 0 saturated carbocycles. The summed E-state index contributed by atoms with van der Waals surface area (Å²) in [6.45, 7) is 5.52. The molecule has 0 aromatic heterocycles. The fraction of sp³-hybridized carbons (Fsp3) is 0.417. The molecule has 1 rings (SSSR count). The number of halogens is 3. The van der Waals surface area contributed by atoms with Crippen LogP contribution < -0.4 is 11.1 Å². The Morgan fingerprint density at radius 2 is 1.83 bits per heavy atom. The van der Waals surface area contributed by atoms with Crippen LogP contribution in [-0.2, 0) is 6.18 Å². The highest BCUT2D eigenvalue weighted by atomic mass is 19.4. The third-order valence-electron chi connectivity index (χ3n) is 1.92. The number of rotatable bonds is 1. The van der Waals surface area contributed by atoms with Crippen LogP contribution in [0.2, 0.25) is 0 Å². The Kier molecular flexibility index (Phi) is 3.88. The predicted molar refractivity (Wildman–Crippen MR) is 66.4 cm³/mol. The Morgan fingerprint density at radius 1 is 1.22 bits per heavy atom. The summed E-state index contributed by atoms with van der Waals surface area (Å²) in [5.74, 6) is 0.0850. The molecule has 0 bridgehead atoms. The fourth-order valence-electron chi connectivity index (χ4n) is 1.31. The van der Waals surface area contributed by atoms with E-state index in [9.17, 15) is 13.2 Å². The van der Waals surface area contributed by atoms with E-state index in [0.717, 1.165) is 12.1 Å². The molecule has 0 aliphatic rings. The molecule has 0 spiro atoms. The molecule has 0 aliphatic heterocycles. The molecular weight excluding hydrogens is 243 g/mol. The van der Waals surface area contributed by atoms with Gasteiger partial charge in [-0.05, 0) is 39.0 Å². The molecule has 3 N–H and O–H groups in total. The summed E-state index contributed by atoms with van der Waals surface area (Å²) in [5.41, 5.74) is 4.75. The molecule has 0 heterocycles. The number of hydrogen-bond acceptors (Lipinski definition) is 1. The van der Waals surface area contributed by atoms with Crippen molar-refractivity contribution >= 4 is 11.6 Å². The number of benzene rings is 1. The van der Waals surface area contributed by atoms with Gasteiger partial charge in [0.25, 0.3) is 0 Å². The lowest BCUT2D eigenvalue weighted by atomic mass is 10.1. The molecule has 0 aliphatic carbocycles. The second-order valence-electron chi connectivity index (χ2n) is 4.87. The van der Waals surface area contributed by atoms with Gasteiger partial charge in [-0.25, -0.2) is 4.99 Å². The predicted octanol–water partition coefficient (Wildman–Crippen LogP) is 3.23. The Morgan fingerprint density at radius 3 is 2.33 bits per heavy atom. The van der Waals surface area contributed by atoms with E-state index in [1.807, 2.05) is 20.8 Å². The van der Waals surface area contributed by atoms with E-state index in [-0.39, 0.29) is 11.6 Å². The molecule has 0 amide bonds.